The number of halogens is 3. The first-order chi connectivity index (χ1) is 5.04. The van der Waals surface area contributed by atoms with Gasteiger partial charge >= 0.3 is 6.55 Å². The summed E-state index contributed by atoms with van der Waals surface area (Å²) in [5.74, 6) is 0. The van der Waals surface area contributed by atoms with Crippen molar-refractivity contribution in [2.24, 2.45) is 0 Å². The van der Waals surface area contributed by atoms with Crippen LogP contribution < -0.4 is 0 Å². The van der Waals surface area contributed by atoms with Gasteiger partial charge in [0.2, 0.25) is 0 Å². The topological polar surface area (TPSA) is 17.8 Å². The molecule has 0 saturated heterocycles. The van der Waals surface area contributed by atoms with Gasteiger partial charge in [-0.3, -0.25) is 0 Å². The van der Waals surface area contributed by atoms with E-state index in [0.29, 0.717) is 20.5 Å². The highest BCUT2D eigenvalue weighted by molar-refractivity contribution is 9.10. The number of nitrogens with zero attached hydrogens (tertiary/aromatic N) is 2. The SMILES string of the molecule is Cc1nn(C(F)F)c(C)c1Br. The maximum absolute atomic E-state index is 12.1. The summed E-state index contributed by atoms with van der Waals surface area (Å²) in [5.41, 5.74) is 1.04. The highest BCUT2D eigenvalue weighted by Gasteiger charge is 2.14. The summed E-state index contributed by atoms with van der Waals surface area (Å²) in [7, 11) is 0. The van der Waals surface area contributed by atoms with Gasteiger partial charge in [0.25, 0.3) is 0 Å². The first kappa shape index (κ1) is 8.64. The second-order valence-corrected chi connectivity index (χ2v) is 3.00. The molecule has 0 aliphatic heterocycles. The molecule has 0 amide bonds. The molecule has 1 heterocycles. The fraction of sp³-hybridized carbons (Fsp3) is 0.500. The van der Waals surface area contributed by atoms with Crippen LogP contribution in [0, 0.1) is 13.8 Å². The Bertz CT molecular complexity index is 270. The van der Waals surface area contributed by atoms with Crippen LogP contribution in [0.15, 0.2) is 4.47 Å². The second-order valence-electron chi connectivity index (χ2n) is 2.21. The van der Waals surface area contributed by atoms with E-state index in [-0.39, 0.29) is 0 Å². The molecular formula is C6H7BrF2N2. The standard InChI is InChI=1S/C6H7BrF2N2/c1-3-5(7)4(2)11(10-3)6(8)9/h6H,1-2H3. The van der Waals surface area contributed by atoms with Gasteiger partial charge in [0, 0.05) is 0 Å². The molecule has 0 unspecified atom stereocenters. The summed E-state index contributed by atoms with van der Waals surface area (Å²) in [6, 6.07) is 0. The molecule has 0 aliphatic rings. The van der Waals surface area contributed by atoms with E-state index in [1.54, 1.807) is 13.8 Å². The van der Waals surface area contributed by atoms with E-state index in [9.17, 15) is 8.78 Å². The van der Waals surface area contributed by atoms with Crippen LogP contribution in [-0.4, -0.2) is 9.78 Å². The molecular weight excluding hydrogens is 218 g/mol. The van der Waals surface area contributed by atoms with Gasteiger partial charge in [-0.1, -0.05) is 0 Å². The molecule has 0 bridgehead atoms. The fourth-order valence-corrected chi connectivity index (χ4v) is 1.09. The Balaban J connectivity index is 3.19. The van der Waals surface area contributed by atoms with E-state index in [1.807, 2.05) is 0 Å². The summed E-state index contributed by atoms with van der Waals surface area (Å²) in [4.78, 5) is 0. The molecule has 0 spiro atoms. The Labute approximate surface area is 71.3 Å². The Morgan fingerprint density at radius 3 is 2.18 bits per heavy atom. The van der Waals surface area contributed by atoms with Crippen LogP contribution in [0.4, 0.5) is 8.78 Å². The molecule has 62 valence electrons. The highest BCUT2D eigenvalue weighted by atomic mass is 79.9. The van der Waals surface area contributed by atoms with Crippen LogP contribution in [0.5, 0.6) is 0 Å². The lowest BCUT2D eigenvalue weighted by Gasteiger charge is -1.99. The monoisotopic (exact) mass is 224 g/mol. The molecule has 0 atom stereocenters. The summed E-state index contributed by atoms with van der Waals surface area (Å²) < 4.78 is 25.5. The van der Waals surface area contributed by atoms with Crippen LogP contribution in [0.1, 0.15) is 17.9 Å². The van der Waals surface area contributed by atoms with Gasteiger partial charge < -0.3 is 0 Å². The van der Waals surface area contributed by atoms with E-state index in [0.717, 1.165) is 0 Å². The normalized spacial score (nSPS) is 11.1. The third-order valence-electron chi connectivity index (χ3n) is 1.42. The fourth-order valence-electron chi connectivity index (χ4n) is 0.833. The molecule has 0 radical (unpaired) electrons. The minimum Gasteiger partial charge on any atom is -0.207 e. The predicted octanol–water partition coefficient (Wildman–Crippen LogP) is 2.66. The summed E-state index contributed by atoms with van der Waals surface area (Å²) >= 11 is 3.15. The summed E-state index contributed by atoms with van der Waals surface area (Å²) in [6.45, 7) is 0.714. The highest BCUT2D eigenvalue weighted by Crippen LogP contribution is 2.23. The molecule has 2 nitrogen and oxygen atoms in total. The van der Waals surface area contributed by atoms with Gasteiger partial charge in [0.05, 0.1) is 15.9 Å². The number of rotatable bonds is 1. The molecule has 0 fully saturated rings. The van der Waals surface area contributed by atoms with Crippen molar-refractivity contribution in [2.45, 2.75) is 20.4 Å². The minimum atomic E-state index is -2.56. The number of aromatic nitrogens is 2. The zero-order valence-electron chi connectivity index (χ0n) is 6.11. The Kier molecular flexibility index (Phi) is 2.27. The van der Waals surface area contributed by atoms with Crippen molar-refractivity contribution in [1.82, 2.24) is 9.78 Å². The van der Waals surface area contributed by atoms with Crippen molar-refractivity contribution >= 4 is 15.9 Å². The quantitative estimate of drug-likeness (QED) is 0.718. The van der Waals surface area contributed by atoms with Crippen molar-refractivity contribution in [3.05, 3.63) is 15.9 Å². The van der Waals surface area contributed by atoms with Gasteiger partial charge in [0.1, 0.15) is 0 Å². The zero-order valence-corrected chi connectivity index (χ0v) is 7.69. The van der Waals surface area contributed by atoms with E-state index in [1.165, 1.54) is 0 Å². The molecule has 1 rings (SSSR count). The maximum atomic E-state index is 12.1. The average molecular weight is 225 g/mol. The molecule has 0 N–H and O–H groups in total. The molecule has 0 saturated carbocycles. The van der Waals surface area contributed by atoms with Gasteiger partial charge in [-0.05, 0) is 29.8 Å². The lowest BCUT2D eigenvalue weighted by molar-refractivity contribution is 0.0540. The predicted molar refractivity (Wildman–Crippen MR) is 40.7 cm³/mol. The van der Waals surface area contributed by atoms with Gasteiger partial charge in [-0.25, -0.2) is 4.68 Å². The number of alkyl halides is 2. The van der Waals surface area contributed by atoms with Gasteiger partial charge in [0.15, 0.2) is 0 Å². The molecule has 11 heavy (non-hydrogen) atoms. The van der Waals surface area contributed by atoms with Crippen LogP contribution in [0.3, 0.4) is 0 Å². The number of aryl methyl sites for hydroxylation is 1. The third kappa shape index (κ3) is 1.42. The average Bonchev–Trinajstić information content (AvgIpc) is 2.17. The lowest BCUT2D eigenvalue weighted by Crippen LogP contribution is -2.02. The van der Waals surface area contributed by atoms with Gasteiger partial charge in [-0.15, -0.1) is 0 Å². The Morgan fingerprint density at radius 2 is 2.00 bits per heavy atom. The molecule has 1 aromatic heterocycles. The number of hydrogen-bond acceptors (Lipinski definition) is 1. The van der Waals surface area contributed by atoms with Crippen LogP contribution in [0.25, 0.3) is 0 Å². The smallest absolute Gasteiger partial charge is 0.207 e. The van der Waals surface area contributed by atoms with Crippen molar-refractivity contribution < 1.29 is 8.78 Å². The molecule has 5 heteroatoms. The van der Waals surface area contributed by atoms with E-state index < -0.39 is 6.55 Å². The van der Waals surface area contributed by atoms with E-state index in [2.05, 4.69) is 21.0 Å². The largest absolute Gasteiger partial charge is 0.333 e. The van der Waals surface area contributed by atoms with Crippen molar-refractivity contribution in [3.8, 4) is 0 Å². The minimum absolute atomic E-state index is 0.456. The Hall–Kier alpha value is -0.450. The van der Waals surface area contributed by atoms with Crippen LogP contribution in [-0.2, 0) is 0 Å². The third-order valence-corrected chi connectivity index (χ3v) is 2.57. The zero-order chi connectivity index (χ0) is 8.59. The van der Waals surface area contributed by atoms with Crippen molar-refractivity contribution in [1.29, 1.82) is 0 Å². The molecule has 0 aliphatic carbocycles. The molecule has 0 aromatic carbocycles. The van der Waals surface area contributed by atoms with E-state index >= 15 is 0 Å². The van der Waals surface area contributed by atoms with Crippen LogP contribution in [0.2, 0.25) is 0 Å². The van der Waals surface area contributed by atoms with Crippen molar-refractivity contribution in [2.75, 3.05) is 0 Å². The lowest BCUT2D eigenvalue weighted by atomic mass is 10.4. The van der Waals surface area contributed by atoms with Crippen LogP contribution >= 0.6 is 15.9 Å². The molecule has 1 aromatic rings. The first-order valence-corrected chi connectivity index (χ1v) is 3.82. The second kappa shape index (κ2) is 2.89. The Morgan fingerprint density at radius 1 is 1.45 bits per heavy atom. The first-order valence-electron chi connectivity index (χ1n) is 3.03. The number of hydrogen-bond donors (Lipinski definition) is 0. The summed E-state index contributed by atoms with van der Waals surface area (Å²) in [6.07, 6.45) is 0. The maximum Gasteiger partial charge on any atom is 0.333 e. The van der Waals surface area contributed by atoms with Gasteiger partial charge in [-0.2, -0.15) is 13.9 Å². The summed E-state index contributed by atoms with van der Waals surface area (Å²) in [5, 5.41) is 3.63. The van der Waals surface area contributed by atoms with E-state index in [4.69, 9.17) is 0 Å². The van der Waals surface area contributed by atoms with Crippen molar-refractivity contribution in [3.63, 3.8) is 0 Å².